The predicted octanol–water partition coefficient (Wildman–Crippen LogP) is 3.55. The van der Waals surface area contributed by atoms with Crippen molar-refractivity contribution in [2.24, 2.45) is 0 Å². The standard InChI is InChI=1S/C16H14N2O2/c1-10-3-6-12(7-4-10)17-16-18-14-8-5-11(2)9-13(14)15(19)20-16/h3-9H,1-2H3,(H,17,18). The topological polar surface area (TPSA) is 55.1 Å². The summed E-state index contributed by atoms with van der Waals surface area (Å²) in [5, 5.41) is 3.50. The van der Waals surface area contributed by atoms with Gasteiger partial charge in [0.2, 0.25) is 0 Å². The first kappa shape index (κ1) is 12.4. The molecular weight excluding hydrogens is 252 g/mol. The van der Waals surface area contributed by atoms with E-state index in [0.717, 1.165) is 11.3 Å². The van der Waals surface area contributed by atoms with Crippen LogP contribution in [-0.2, 0) is 0 Å². The van der Waals surface area contributed by atoms with E-state index in [9.17, 15) is 4.79 Å². The Morgan fingerprint density at radius 3 is 2.45 bits per heavy atom. The van der Waals surface area contributed by atoms with Crippen LogP contribution in [0, 0.1) is 13.8 Å². The summed E-state index contributed by atoms with van der Waals surface area (Å²) in [6, 6.07) is 13.5. The minimum atomic E-state index is -0.381. The Kier molecular flexibility index (Phi) is 2.99. The first-order valence-corrected chi connectivity index (χ1v) is 6.37. The fraction of sp³-hybridized carbons (Fsp3) is 0.125. The number of hydrogen-bond donors (Lipinski definition) is 1. The minimum absolute atomic E-state index is 0.204. The number of anilines is 2. The Bertz CT molecular complexity index is 820. The molecule has 4 nitrogen and oxygen atoms in total. The Morgan fingerprint density at radius 2 is 1.70 bits per heavy atom. The average Bonchev–Trinajstić information content (AvgIpc) is 2.42. The van der Waals surface area contributed by atoms with E-state index in [1.54, 1.807) is 6.07 Å². The van der Waals surface area contributed by atoms with E-state index in [2.05, 4.69) is 10.3 Å². The van der Waals surface area contributed by atoms with Gasteiger partial charge in [0.25, 0.3) is 0 Å². The number of benzene rings is 2. The normalized spacial score (nSPS) is 10.7. The predicted molar refractivity (Wildman–Crippen MR) is 79.5 cm³/mol. The van der Waals surface area contributed by atoms with Crippen molar-refractivity contribution in [3.05, 3.63) is 64.0 Å². The number of fused-ring (bicyclic) bond motifs is 1. The van der Waals surface area contributed by atoms with Crippen LogP contribution in [-0.4, -0.2) is 4.98 Å². The van der Waals surface area contributed by atoms with Gasteiger partial charge in [-0.3, -0.25) is 0 Å². The van der Waals surface area contributed by atoms with Gasteiger partial charge in [0, 0.05) is 5.69 Å². The highest BCUT2D eigenvalue weighted by atomic mass is 16.4. The van der Waals surface area contributed by atoms with Crippen LogP contribution < -0.4 is 10.9 Å². The van der Waals surface area contributed by atoms with E-state index in [4.69, 9.17) is 4.42 Å². The highest BCUT2D eigenvalue weighted by Gasteiger charge is 2.06. The summed E-state index contributed by atoms with van der Waals surface area (Å²) in [6.45, 7) is 3.94. The number of aryl methyl sites for hydroxylation is 2. The molecule has 3 aromatic rings. The van der Waals surface area contributed by atoms with Crippen LogP contribution in [0.5, 0.6) is 0 Å². The van der Waals surface area contributed by atoms with Crippen LogP contribution in [0.1, 0.15) is 11.1 Å². The summed E-state index contributed by atoms with van der Waals surface area (Å²) in [7, 11) is 0. The van der Waals surface area contributed by atoms with Gasteiger partial charge in [0.15, 0.2) is 0 Å². The van der Waals surface area contributed by atoms with E-state index >= 15 is 0 Å². The molecule has 0 aliphatic rings. The molecule has 3 rings (SSSR count). The van der Waals surface area contributed by atoms with Crippen molar-refractivity contribution >= 4 is 22.6 Å². The summed E-state index contributed by atoms with van der Waals surface area (Å²) in [5.74, 6) is 0. The molecule has 0 bridgehead atoms. The molecule has 0 saturated heterocycles. The molecule has 4 heteroatoms. The molecule has 1 heterocycles. The number of hydrogen-bond acceptors (Lipinski definition) is 4. The van der Waals surface area contributed by atoms with Crippen LogP contribution in [0.4, 0.5) is 11.7 Å². The molecule has 0 aliphatic heterocycles. The van der Waals surface area contributed by atoms with Crippen molar-refractivity contribution in [2.45, 2.75) is 13.8 Å². The van der Waals surface area contributed by atoms with Gasteiger partial charge in [-0.1, -0.05) is 29.3 Å². The molecule has 100 valence electrons. The molecule has 1 aromatic heterocycles. The minimum Gasteiger partial charge on any atom is -0.388 e. The number of nitrogens with one attached hydrogen (secondary N) is 1. The van der Waals surface area contributed by atoms with Gasteiger partial charge in [-0.2, -0.15) is 4.98 Å². The highest BCUT2D eigenvalue weighted by molar-refractivity contribution is 5.78. The second-order valence-corrected chi connectivity index (χ2v) is 4.82. The number of nitrogens with zero attached hydrogens (tertiary/aromatic N) is 1. The maximum absolute atomic E-state index is 11.9. The fourth-order valence-electron chi connectivity index (χ4n) is 2.00. The van der Waals surface area contributed by atoms with Gasteiger partial charge in [0.1, 0.15) is 0 Å². The zero-order chi connectivity index (χ0) is 14.1. The Hall–Kier alpha value is -2.62. The zero-order valence-corrected chi connectivity index (χ0v) is 11.3. The lowest BCUT2D eigenvalue weighted by molar-refractivity contribution is 0.522. The van der Waals surface area contributed by atoms with Crippen molar-refractivity contribution < 1.29 is 4.42 Å². The smallest absolute Gasteiger partial charge is 0.348 e. The van der Waals surface area contributed by atoms with E-state index in [1.807, 2.05) is 50.2 Å². The molecule has 0 atom stereocenters. The molecule has 0 fully saturated rings. The SMILES string of the molecule is Cc1ccc(Nc2nc3ccc(C)cc3c(=O)o2)cc1. The quantitative estimate of drug-likeness (QED) is 0.770. The summed E-state index contributed by atoms with van der Waals surface area (Å²) in [5.41, 5.74) is 3.25. The molecular formula is C16H14N2O2. The average molecular weight is 266 g/mol. The summed E-state index contributed by atoms with van der Waals surface area (Å²) < 4.78 is 5.20. The molecule has 1 N–H and O–H groups in total. The highest BCUT2D eigenvalue weighted by Crippen LogP contribution is 2.17. The Balaban J connectivity index is 2.02. The molecule has 0 aliphatic carbocycles. The second kappa shape index (κ2) is 4.81. The maximum atomic E-state index is 11.9. The third kappa shape index (κ3) is 2.40. The maximum Gasteiger partial charge on any atom is 0.348 e. The Labute approximate surface area is 116 Å². The lowest BCUT2D eigenvalue weighted by Gasteiger charge is -2.05. The second-order valence-electron chi connectivity index (χ2n) is 4.82. The van der Waals surface area contributed by atoms with Crippen LogP contribution >= 0.6 is 0 Å². The summed E-state index contributed by atoms with van der Waals surface area (Å²) >= 11 is 0. The van der Waals surface area contributed by atoms with Crippen molar-refractivity contribution in [1.29, 1.82) is 0 Å². The van der Waals surface area contributed by atoms with Crippen molar-refractivity contribution in [2.75, 3.05) is 5.32 Å². The molecule has 0 unspecified atom stereocenters. The number of aromatic nitrogens is 1. The lowest BCUT2D eigenvalue weighted by atomic mass is 10.2. The van der Waals surface area contributed by atoms with Crippen molar-refractivity contribution in [1.82, 2.24) is 4.98 Å². The molecule has 0 spiro atoms. The molecule has 0 amide bonds. The lowest BCUT2D eigenvalue weighted by Crippen LogP contribution is -2.05. The van der Waals surface area contributed by atoms with E-state index in [1.165, 1.54) is 5.56 Å². The first-order chi connectivity index (χ1) is 9.61. The molecule has 0 radical (unpaired) electrons. The van der Waals surface area contributed by atoms with Gasteiger partial charge in [-0.25, -0.2) is 4.79 Å². The van der Waals surface area contributed by atoms with E-state index in [0.29, 0.717) is 10.9 Å². The molecule has 20 heavy (non-hydrogen) atoms. The third-order valence-electron chi connectivity index (χ3n) is 3.09. The summed E-state index contributed by atoms with van der Waals surface area (Å²) in [4.78, 5) is 16.3. The molecule has 2 aromatic carbocycles. The van der Waals surface area contributed by atoms with Crippen molar-refractivity contribution in [3.8, 4) is 0 Å². The van der Waals surface area contributed by atoms with Gasteiger partial charge < -0.3 is 9.73 Å². The fourth-order valence-corrected chi connectivity index (χ4v) is 2.00. The third-order valence-corrected chi connectivity index (χ3v) is 3.09. The van der Waals surface area contributed by atoms with E-state index < -0.39 is 0 Å². The van der Waals surface area contributed by atoms with Crippen molar-refractivity contribution in [3.63, 3.8) is 0 Å². The van der Waals surface area contributed by atoms with E-state index in [-0.39, 0.29) is 11.6 Å². The van der Waals surface area contributed by atoms with Gasteiger partial charge in [0.05, 0.1) is 10.9 Å². The van der Waals surface area contributed by atoms with Crippen LogP contribution in [0.3, 0.4) is 0 Å². The Morgan fingerprint density at radius 1 is 1.00 bits per heavy atom. The van der Waals surface area contributed by atoms with Gasteiger partial charge in [-0.05, 0) is 38.1 Å². The van der Waals surface area contributed by atoms with Gasteiger partial charge in [-0.15, -0.1) is 0 Å². The van der Waals surface area contributed by atoms with Crippen LogP contribution in [0.15, 0.2) is 51.7 Å². The number of rotatable bonds is 2. The largest absolute Gasteiger partial charge is 0.388 e. The first-order valence-electron chi connectivity index (χ1n) is 6.37. The van der Waals surface area contributed by atoms with Crippen LogP contribution in [0.25, 0.3) is 10.9 Å². The molecule has 0 saturated carbocycles. The van der Waals surface area contributed by atoms with Gasteiger partial charge >= 0.3 is 11.6 Å². The van der Waals surface area contributed by atoms with Crippen LogP contribution in [0.2, 0.25) is 0 Å². The summed E-state index contributed by atoms with van der Waals surface area (Å²) in [6.07, 6.45) is 0. The monoisotopic (exact) mass is 266 g/mol. The zero-order valence-electron chi connectivity index (χ0n) is 11.3.